The zero-order chi connectivity index (χ0) is 14.7. The first-order valence-electron chi connectivity index (χ1n) is 5.55. The maximum atomic E-state index is 11.4. The molecule has 8 heteroatoms. The summed E-state index contributed by atoms with van der Waals surface area (Å²) in [6, 6.07) is 1.41. The van der Waals surface area contributed by atoms with Crippen LogP contribution >= 0.6 is 0 Å². The molecule has 0 rings (SSSR count). The molecule has 19 heavy (non-hydrogen) atoms. The predicted octanol–water partition coefficient (Wildman–Crippen LogP) is 1.15. The number of nitriles is 2. The molecule has 0 unspecified atom stereocenters. The van der Waals surface area contributed by atoms with Crippen molar-refractivity contribution in [1.29, 1.82) is 10.5 Å². The maximum absolute atomic E-state index is 11.4. The van der Waals surface area contributed by atoms with Gasteiger partial charge in [-0.1, -0.05) is 24.9 Å². The summed E-state index contributed by atoms with van der Waals surface area (Å²) in [6.07, 6.45) is 3.03. The Morgan fingerprint density at radius 1 is 1.32 bits per heavy atom. The van der Waals surface area contributed by atoms with Gasteiger partial charge in [-0.25, -0.2) is 14.5 Å². The molecule has 0 fully saturated rings. The van der Waals surface area contributed by atoms with Crippen LogP contribution in [-0.4, -0.2) is 36.3 Å². The highest BCUT2D eigenvalue weighted by atomic mass is 16.7. The molecule has 0 aliphatic carbocycles. The monoisotopic (exact) mass is 266 g/mol. The van der Waals surface area contributed by atoms with E-state index >= 15 is 0 Å². The molecule has 0 heterocycles. The van der Waals surface area contributed by atoms with Gasteiger partial charge in [-0.2, -0.15) is 10.5 Å². The summed E-state index contributed by atoms with van der Waals surface area (Å²) < 4.78 is 4.24. The van der Waals surface area contributed by atoms with Gasteiger partial charge in [-0.05, 0) is 6.42 Å². The summed E-state index contributed by atoms with van der Waals surface area (Å²) in [6.45, 7) is 2.17. The number of esters is 1. The fourth-order valence-electron chi connectivity index (χ4n) is 1.04. The molecule has 0 aliphatic heterocycles. The number of oxime groups is 1. The maximum Gasteiger partial charge on any atom is 0.449 e. The highest BCUT2D eigenvalue weighted by molar-refractivity contribution is 6.42. The fraction of sp³-hybridized carbons (Fsp3) is 0.545. The number of rotatable bonds is 6. The standard InChI is InChI=1S/C11H14N4O4/c1-3-4-5-6-15(8-13)11(17)19-14-9(7-12)10(16)18-2/h3-6H2,1-2H3. The quantitative estimate of drug-likeness (QED) is 0.135. The zero-order valence-electron chi connectivity index (χ0n) is 10.8. The third-order valence-corrected chi connectivity index (χ3v) is 2.03. The van der Waals surface area contributed by atoms with E-state index in [0.29, 0.717) is 6.42 Å². The van der Waals surface area contributed by atoms with Crippen LogP contribution < -0.4 is 0 Å². The first kappa shape index (κ1) is 16.4. The second-order valence-corrected chi connectivity index (χ2v) is 3.36. The molecule has 0 aliphatic rings. The van der Waals surface area contributed by atoms with Crippen LogP contribution in [0.2, 0.25) is 0 Å². The first-order valence-corrected chi connectivity index (χ1v) is 5.55. The average molecular weight is 266 g/mol. The Labute approximate surface area is 110 Å². The molecular formula is C11H14N4O4. The van der Waals surface area contributed by atoms with Gasteiger partial charge in [-0.3, -0.25) is 4.84 Å². The lowest BCUT2D eigenvalue weighted by Crippen LogP contribution is -2.27. The van der Waals surface area contributed by atoms with Crippen LogP contribution in [0.1, 0.15) is 26.2 Å². The van der Waals surface area contributed by atoms with Crippen LogP contribution in [0.3, 0.4) is 0 Å². The Bertz CT molecular complexity index is 433. The Morgan fingerprint density at radius 3 is 2.47 bits per heavy atom. The Hall–Kier alpha value is -2.61. The second kappa shape index (κ2) is 9.42. The molecule has 0 radical (unpaired) electrons. The van der Waals surface area contributed by atoms with Crippen LogP contribution in [0.15, 0.2) is 5.16 Å². The molecule has 0 aromatic heterocycles. The van der Waals surface area contributed by atoms with Crippen molar-refractivity contribution >= 4 is 17.8 Å². The third kappa shape index (κ3) is 6.03. The van der Waals surface area contributed by atoms with Crippen LogP contribution in [0.5, 0.6) is 0 Å². The van der Waals surface area contributed by atoms with E-state index in [1.807, 2.05) is 6.92 Å². The molecular weight excluding hydrogens is 252 g/mol. The number of hydrogen-bond donors (Lipinski definition) is 0. The molecule has 0 aromatic rings. The van der Waals surface area contributed by atoms with Crippen molar-refractivity contribution in [2.75, 3.05) is 13.7 Å². The number of unbranched alkanes of at least 4 members (excludes halogenated alkanes) is 2. The number of carbonyl (C=O) groups is 2. The summed E-state index contributed by atoms with van der Waals surface area (Å²) in [5, 5.41) is 20.4. The number of methoxy groups -OCH3 is 1. The van der Waals surface area contributed by atoms with E-state index in [4.69, 9.17) is 10.5 Å². The number of hydrogen-bond acceptors (Lipinski definition) is 7. The highest BCUT2D eigenvalue weighted by Gasteiger charge is 2.17. The lowest BCUT2D eigenvalue weighted by atomic mass is 10.2. The summed E-state index contributed by atoms with van der Waals surface area (Å²) >= 11 is 0. The minimum absolute atomic E-state index is 0.193. The molecule has 0 spiro atoms. The van der Waals surface area contributed by atoms with E-state index in [1.165, 1.54) is 6.07 Å². The van der Waals surface area contributed by atoms with Gasteiger partial charge in [-0.15, -0.1) is 0 Å². The Balaban J connectivity index is 4.50. The topological polar surface area (TPSA) is 116 Å². The molecule has 1 amide bonds. The predicted molar refractivity (Wildman–Crippen MR) is 63.4 cm³/mol. The van der Waals surface area contributed by atoms with Crippen molar-refractivity contribution in [3.63, 3.8) is 0 Å². The lowest BCUT2D eigenvalue weighted by Gasteiger charge is -2.10. The normalized spacial score (nSPS) is 10.0. The Morgan fingerprint density at radius 2 is 2.00 bits per heavy atom. The van der Waals surface area contributed by atoms with E-state index in [1.54, 1.807) is 6.19 Å². The molecule has 102 valence electrons. The summed E-state index contributed by atoms with van der Waals surface area (Å²) in [5.74, 6) is -1.02. The van der Waals surface area contributed by atoms with E-state index in [0.717, 1.165) is 24.9 Å². The summed E-state index contributed by atoms with van der Waals surface area (Å²) in [4.78, 5) is 27.5. The van der Waals surface area contributed by atoms with E-state index in [9.17, 15) is 9.59 Å². The largest absolute Gasteiger partial charge is 0.464 e. The van der Waals surface area contributed by atoms with Crippen molar-refractivity contribution in [2.24, 2.45) is 5.16 Å². The fourth-order valence-corrected chi connectivity index (χ4v) is 1.04. The van der Waals surface area contributed by atoms with Gasteiger partial charge < -0.3 is 4.74 Å². The van der Waals surface area contributed by atoms with Gasteiger partial charge >= 0.3 is 12.1 Å². The van der Waals surface area contributed by atoms with Crippen LogP contribution in [0.25, 0.3) is 0 Å². The van der Waals surface area contributed by atoms with E-state index < -0.39 is 17.8 Å². The number of nitrogens with zero attached hydrogens (tertiary/aromatic N) is 4. The number of ether oxygens (including phenoxy) is 1. The summed E-state index contributed by atoms with van der Waals surface area (Å²) in [5.41, 5.74) is -0.706. The van der Waals surface area contributed by atoms with E-state index in [2.05, 4.69) is 14.7 Å². The van der Waals surface area contributed by atoms with Crippen LogP contribution in [0, 0.1) is 22.8 Å². The van der Waals surface area contributed by atoms with Gasteiger partial charge in [0.25, 0.3) is 5.71 Å². The van der Waals surface area contributed by atoms with Crippen molar-refractivity contribution < 1.29 is 19.2 Å². The van der Waals surface area contributed by atoms with Crippen molar-refractivity contribution in [1.82, 2.24) is 4.90 Å². The molecule has 0 atom stereocenters. The minimum Gasteiger partial charge on any atom is -0.464 e. The van der Waals surface area contributed by atoms with Crippen molar-refractivity contribution in [3.05, 3.63) is 0 Å². The minimum atomic E-state index is -1.05. The van der Waals surface area contributed by atoms with E-state index in [-0.39, 0.29) is 6.54 Å². The Kier molecular flexibility index (Phi) is 8.13. The number of carbonyl (C=O) groups excluding carboxylic acids is 2. The summed E-state index contributed by atoms with van der Waals surface area (Å²) in [7, 11) is 1.06. The molecule has 0 aromatic carbocycles. The van der Waals surface area contributed by atoms with Crippen molar-refractivity contribution in [3.8, 4) is 12.3 Å². The molecule has 0 bridgehead atoms. The number of amides is 1. The molecule has 0 saturated heterocycles. The van der Waals surface area contributed by atoms with Crippen molar-refractivity contribution in [2.45, 2.75) is 26.2 Å². The first-order chi connectivity index (χ1) is 9.10. The highest BCUT2D eigenvalue weighted by Crippen LogP contribution is 2.00. The second-order valence-electron chi connectivity index (χ2n) is 3.36. The zero-order valence-corrected chi connectivity index (χ0v) is 10.8. The smallest absolute Gasteiger partial charge is 0.449 e. The van der Waals surface area contributed by atoms with Gasteiger partial charge in [0.2, 0.25) is 0 Å². The van der Waals surface area contributed by atoms with Gasteiger partial charge in [0, 0.05) is 6.54 Å². The van der Waals surface area contributed by atoms with Gasteiger partial charge in [0.15, 0.2) is 6.19 Å². The average Bonchev–Trinajstić information content (AvgIpc) is 2.43. The van der Waals surface area contributed by atoms with Crippen LogP contribution in [-0.2, 0) is 14.4 Å². The van der Waals surface area contributed by atoms with Gasteiger partial charge in [0.1, 0.15) is 6.07 Å². The SMILES string of the molecule is CCCCCN(C#N)C(=O)ON=C(C#N)C(=O)OC. The lowest BCUT2D eigenvalue weighted by molar-refractivity contribution is -0.132. The van der Waals surface area contributed by atoms with Gasteiger partial charge in [0.05, 0.1) is 7.11 Å². The molecule has 0 N–H and O–H groups in total. The molecule has 8 nitrogen and oxygen atoms in total. The third-order valence-electron chi connectivity index (χ3n) is 2.03. The molecule has 0 saturated carbocycles. The van der Waals surface area contributed by atoms with Crippen LogP contribution in [0.4, 0.5) is 4.79 Å².